The minimum atomic E-state index is -0.130. The van der Waals surface area contributed by atoms with Gasteiger partial charge in [0.15, 0.2) is 5.76 Å². The molecule has 1 aromatic heterocycles. The number of rotatable bonds is 6. The SMILES string of the molecule is CCc1ccc(C(=O)NCC2CCN(c3cccc(OC)c3)C2)o1. The highest BCUT2D eigenvalue weighted by molar-refractivity contribution is 5.91. The Hall–Kier alpha value is -2.43. The van der Waals surface area contributed by atoms with Crippen molar-refractivity contribution >= 4 is 11.6 Å². The highest BCUT2D eigenvalue weighted by atomic mass is 16.5. The second kappa shape index (κ2) is 7.43. The first-order chi connectivity index (χ1) is 11.7. The summed E-state index contributed by atoms with van der Waals surface area (Å²) >= 11 is 0. The molecular weight excluding hydrogens is 304 g/mol. The molecule has 0 spiro atoms. The van der Waals surface area contributed by atoms with Gasteiger partial charge >= 0.3 is 0 Å². The van der Waals surface area contributed by atoms with Gasteiger partial charge in [-0.25, -0.2) is 0 Å². The summed E-state index contributed by atoms with van der Waals surface area (Å²) in [6, 6.07) is 11.7. The van der Waals surface area contributed by atoms with Crippen LogP contribution in [-0.2, 0) is 6.42 Å². The van der Waals surface area contributed by atoms with Gasteiger partial charge in [0.05, 0.1) is 7.11 Å². The molecule has 1 aliphatic heterocycles. The molecule has 24 heavy (non-hydrogen) atoms. The molecule has 0 bridgehead atoms. The zero-order valence-electron chi connectivity index (χ0n) is 14.2. The summed E-state index contributed by atoms with van der Waals surface area (Å²) in [5.41, 5.74) is 1.17. The Morgan fingerprint density at radius 3 is 3.00 bits per heavy atom. The number of nitrogens with one attached hydrogen (secondary N) is 1. The summed E-state index contributed by atoms with van der Waals surface area (Å²) < 4.78 is 10.8. The van der Waals surface area contributed by atoms with Crippen LogP contribution in [0.15, 0.2) is 40.8 Å². The number of furan rings is 1. The van der Waals surface area contributed by atoms with Crippen LogP contribution in [0.4, 0.5) is 5.69 Å². The molecule has 3 rings (SSSR count). The standard InChI is InChI=1S/C19H24N2O3/c1-3-16-7-8-18(24-16)19(22)20-12-14-9-10-21(13-14)15-5-4-6-17(11-15)23-2/h4-8,11,14H,3,9-10,12-13H2,1-2H3,(H,20,22). The molecule has 1 N–H and O–H groups in total. The number of anilines is 1. The lowest BCUT2D eigenvalue weighted by molar-refractivity contribution is 0.0919. The molecule has 2 aromatic rings. The average molecular weight is 328 g/mol. The zero-order chi connectivity index (χ0) is 16.9. The smallest absolute Gasteiger partial charge is 0.287 e. The van der Waals surface area contributed by atoms with E-state index in [-0.39, 0.29) is 5.91 Å². The fraction of sp³-hybridized carbons (Fsp3) is 0.421. The lowest BCUT2D eigenvalue weighted by atomic mass is 10.1. The molecule has 2 heterocycles. The molecule has 0 saturated carbocycles. The van der Waals surface area contributed by atoms with Gasteiger partial charge in [-0.05, 0) is 36.6 Å². The number of hydrogen-bond donors (Lipinski definition) is 1. The lowest BCUT2D eigenvalue weighted by Gasteiger charge is -2.19. The first kappa shape index (κ1) is 16.4. The van der Waals surface area contributed by atoms with Crippen molar-refractivity contribution in [2.75, 3.05) is 31.6 Å². The number of ether oxygens (including phenoxy) is 1. The van der Waals surface area contributed by atoms with Gasteiger partial charge in [-0.15, -0.1) is 0 Å². The highest BCUT2D eigenvalue weighted by Crippen LogP contribution is 2.26. The Kier molecular flexibility index (Phi) is 5.08. The number of carbonyl (C=O) groups excluding carboxylic acids is 1. The van der Waals surface area contributed by atoms with E-state index in [4.69, 9.17) is 9.15 Å². The van der Waals surface area contributed by atoms with Gasteiger partial charge in [0.1, 0.15) is 11.5 Å². The molecule has 5 nitrogen and oxygen atoms in total. The molecular formula is C19H24N2O3. The van der Waals surface area contributed by atoms with E-state index < -0.39 is 0 Å². The van der Waals surface area contributed by atoms with Crippen molar-refractivity contribution in [3.05, 3.63) is 47.9 Å². The van der Waals surface area contributed by atoms with Crippen LogP contribution in [0.25, 0.3) is 0 Å². The Bertz CT molecular complexity index is 695. The van der Waals surface area contributed by atoms with Crippen molar-refractivity contribution in [2.45, 2.75) is 19.8 Å². The largest absolute Gasteiger partial charge is 0.497 e. The van der Waals surface area contributed by atoms with Gasteiger partial charge < -0.3 is 19.4 Å². The monoisotopic (exact) mass is 328 g/mol. The molecule has 1 aromatic carbocycles. The molecule has 5 heteroatoms. The summed E-state index contributed by atoms with van der Waals surface area (Å²) in [7, 11) is 1.68. The van der Waals surface area contributed by atoms with Crippen LogP contribution < -0.4 is 15.0 Å². The second-order valence-corrected chi connectivity index (χ2v) is 6.13. The summed E-state index contributed by atoms with van der Waals surface area (Å²) in [5, 5.41) is 2.99. The maximum atomic E-state index is 12.1. The number of benzene rings is 1. The third-order valence-corrected chi connectivity index (χ3v) is 4.49. The molecule has 0 aliphatic carbocycles. The van der Waals surface area contributed by atoms with Crippen LogP contribution in [0, 0.1) is 5.92 Å². The van der Waals surface area contributed by atoms with Crippen molar-refractivity contribution in [3.63, 3.8) is 0 Å². The van der Waals surface area contributed by atoms with Crippen molar-refractivity contribution < 1.29 is 13.9 Å². The Morgan fingerprint density at radius 2 is 2.25 bits per heavy atom. The predicted molar refractivity (Wildman–Crippen MR) is 93.7 cm³/mol. The van der Waals surface area contributed by atoms with E-state index in [0.29, 0.717) is 18.2 Å². The maximum absolute atomic E-state index is 12.1. The number of amides is 1. The van der Waals surface area contributed by atoms with E-state index >= 15 is 0 Å². The molecule has 128 valence electrons. The molecule has 1 unspecified atom stereocenters. The van der Waals surface area contributed by atoms with Gasteiger partial charge in [-0.2, -0.15) is 0 Å². The number of hydrogen-bond acceptors (Lipinski definition) is 4. The van der Waals surface area contributed by atoms with Gasteiger partial charge in [0.25, 0.3) is 5.91 Å². The Labute approximate surface area is 142 Å². The fourth-order valence-corrected chi connectivity index (χ4v) is 3.06. The number of nitrogens with zero attached hydrogens (tertiary/aromatic N) is 1. The zero-order valence-corrected chi connectivity index (χ0v) is 14.2. The minimum absolute atomic E-state index is 0.130. The average Bonchev–Trinajstić information content (AvgIpc) is 3.29. The van der Waals surface area contributed by atoms with Crippen LogP contribution in [0.5, 0.6) is 5.75 Å². The van der Waals surface area contributed by atoms with Gasteiger partial charge in [-0.1, -0.05) is 13.0 Å². The van der Waals surface area contributed by atoms with Crippen LogP contribution in [-0.4, -0.2) is 32.7 Å². The molecule has 1 saturated heterocycles. The van der Waals surface area contributed by atoms with Gasteiger partial charge in [-0.3, -0.25) is 4.79 Å². The first-order valence-corrected chi connectivity index (χ1v) is 8.45. The molecule has 1 atom stereocenters. The predicted octanol–water partition coefficient (Wildman–Crippen LogP) is 3.11. The van der Waals surface area contributed by atoms with Crippen molar-refractivity contribution in [3.8, 4) is 5.75 Å². The molecule has 1 aliphatic rings. The van der Waals surface area contributed by atoms with Crippen molar-refractivity contribution in [2.24, 2.45) is 5.92 Å². The fourth-order valence-electron chi connectivity index (χ4n) is 3.06. The van der Waals surface area contributed by atoms with E-state index in [1.54, 1.807) is 13.2 Å². The van der Waals surface area contributed by atoms with Crippen LogP contribution in [0.2, 0.25) is 0 Å². The summed E-state index contributed by atoms with van der Waals surface area (Å²) in [6.45, 7) is 4.61. The highest BCUT2D eigenvalue weighted by Gasteiger charge is 2.24. The number of methoxy groups -OCH3 is 1. The molecule has 1 fully saturated rings. The van der Waals surface area contributed by atoms with E-state index in [9.17, 15) is 4.79 Å². The van der Waals surface area contributed by atoms with Crippen molar-refractivity contribution in [1.29, 1.82) is 0 Å². The van der Waals surface area contributed by atoms with Gasteiger partial charge in [0.2, 0.25) is 0 Å². The summed E-state index contributed by atoms with van der Waals surface area (Å²) in [4.78, 5) is 14.5. The van der Waals surface area contributed by atoms with E-state index in [2.05, 4.69) is 22.3 Å². The van der Waals surface area contributed by atoms with E-state index in [1.165, 1.54) is 5.69 Å². The molecule has 0 radical (unpaired) electrons. The van der Waals surface area contributed by atoms with Crippen LogP contribution in [0.1, 0.15) is 29.7 Å². The molecule has 1 amide bonds. The van der Waals surface area contributed by atoms with E-state index in [1.807, 2.05) is 25.1 Å². The quantitative estimate of drug-likeness (QED) is 0.885. The van der Waals surface area contributed by atoms with Crippen LogP contribution >= 0.6 is 0 Å². The third kappa shape index (κ3) is 3.72. The lowest BCUT2D eigenvalue weighted by Crippen LogP contribution is -2.30. The van der Waals surface area contributed by atoms with Crippen LogP contribution in [0.3, 0.4) is 0 Å². The number of aryl methyl sites for hydroxylation is 1. The van der Waals surface area contributed by atoms with Gasteiger partial charge in [0, 0.05) is 37.8 Å². The maximum Gasteiger partial charge on any atom is 0.287 e. The minimum Gasteiger partial charge on any atom is -0.497 e. The van der Waals surface area contributed by atoms with E-state index in [0.717, 1.165) is 37.4 Å². The van der Waals surface area contributed by atoms with Crippen molar-refractivity contribution in [1.82, 2.24) is 5.32 Å². The Balaban J connectivity index is 1.51. The normalized spacial score (nSPS) is 17.1. The second-order valence-electron chi connectivity index (χ2n) is 6.13. The topological polar surface area (TPSA) is 54.7 Å². The third-order valence-electron chi connectivity index (χ3n) is 4.49. The summed E-state index contributed by atoms with van der Waals surface area (Å²) in [6.07, 6.45) is 1.86. The summed E-state index contributed by atoms with van der Waals surface area (Å²) in [5.74, 6) is 2.42. The first-order valence-electron chi connectivity index (χ1n) is 8.45. The Morgan fingerprint density at radius 1 is 1.38 bits per heavy atom. The number of carbonyl (C=O) groups is 1.